The van der Waals surface area contributed by atoms with E-state index >= 15 is 0 Å². The second-order valence-corrected chi connectivity index (χ2v) is 3.44. The van der Waals surface area contributed by atoms with Crippen LogP contribution in [0.15, 0.2) is 0 Å². The molecule has 0 saturated heterocycles. The monoisotopic (exact) mass is 345 g/mol. The first-order chi connectivity index (χ1) is 2.00. The van der Waals surface area contributed by atoms with Gasteiger partial charge >= 0.3 is 114 Å². The fourth-order valence-electron chi connectivity index (χ4n) is 0. The SMILES string of the molecule is [H-].[H-].[K+].[Na+].[Nb].[O]=[Sb]([OH])([OH])[OH]. The Bertz CT molecular complexity index is 69.4. The van der Waals surface area contributed by atoms with Crippen molar-refractivity contribution in [2.45, 2.75) is 0 Å². The summed E-state index contributed by atoms with van der Waals surface area (Å²) in [6.07, 6.45) is 0. The van der Waals surface area contributed by atoms with E-state index in [9.17, 15) is 0 Å². The van der Waals surface area contributed by atoms with Crippen molar-refractivity contribution in [1.29, 1.82) is 0 Å². The fourth-order valence-corrected chi connectivity index (χ4v) is 0. The third-order valence-corrected chi connectivity index (χ3v) is 0. The van der Waals surface area contributed by atoms with Gasteiger partial charge in [-0.15, -0.1) is 0 Å². The summed E-state index contributed by atoms with van der Waals surface area (Å²) in [7, 11) is 0. The molecule has 0 fully saturated rings. The number of rotatable bonds is 0. The van der Waals surface area contributed by atoms with Gasteiger partial charge in [-0.25, -0.2) is 0 Å². The van der Waals surface area contributed by atoms with E-state index in [1.165, 1.54) is 0 Å². The first-order valence-electron chi connectivity index (χ1n) is 0.783. The van der Waals surface area contributed by atoms with Gasteiger partial charge in [0.05, 0.1) is 0 Å². The first-order valence-corrected chi connectivity index (χ1v) is 5.25. The Labute approximate surface area is 136 Å². The zero-order valence-corrected chi connectivity index (χ0v) is 14.5. The molecule has 0 spiro atoms. The van der Waals surface area contributed by atoms with Crippen LogP contribution in [0.3, 0.4) is 0 Å². The van der Waals surface area contributed by atoms with Crippen molar-refractivity contribution < 1.29 is 119 Å². The van der Waals surface area contributed by atoms with Gasteiger partial charge in [0.2, 0.25) is 0 Å². The van der Waals surface area contributed by atoms with E-state index in [4.69, 9.17) is 13.2 Å². The van der Waals surface area contributed by atoms with Crippen LogP contribution in [0.4, 0.5) is 0 Å². The van der Waals surface area contributed by atoms with E-state index in [2.05, 4.69) is 0 Å². The van der Waals surface area contributed by atoms with Gasteiger partial charge in [-0.2, -0.15) is 0 Å². The van der Waals surface area contributed by atoms with Crippen LogP contribution in [0, 0.1) is 0 Å². The van der Waals surface area contributed by atoms with E-state index in [0.29, 0.717) is 0 Å². The topological polar surface area (TPSA) is 77.8 Å². The second kappa shape index (κ2) is 10.9. The van der Waals surface area contributed by atoms with Crippen LogP contribution >= 0.6 is 0 Å². The predicted molar refractivity (Wildman–Crippen MR) is 15.3 cm³/mol. The molecule has 0 aliphatic rings. The minimum absolute atomic E-state index is 0. The molecule has 41 valence electrons. The maximum absolute atomic E-state index is 8.97. The molecule has 0 atom stereocenters. The molecule has 8 heteroatoms. The van der Waals surface area contributed by atoms with Gasteiger partial charge in [0.1, 0.15) is 0 Å². The molecule has 0 rings (SSSR count). The molecule has 0 aromatic rings. The summed E-state index contributed by atoms with van der Waals surface area (Å²) in [5, 5.41) is 0. The van der Waals surface area contributed by atoms with Crippen LogP contribution in [-0.4, -0.2) is 30.2 Å². The number of hydrogen-bond acceptors (Lipinski definition) is 1. The Kier molecular flexibility index (Phi) is 30.8. The zero-order valence-electron chi connectivity index (χ0n) is 6.64. The standard InChI is InChI=1S/K.Na.Nb.3H2O.O.Sb.2H/h;;;3*1H2;;;;/q2*+1;;;;;;+3;2*-1/p-3. The molecule has 8 heavy (non-hydrogen) atoms. The van der Waals surface area contributed by atoms with Crippen molar-refractivity contribution in [2.24, 2.45) is 0 Å². The molecule has 0 amide bonds. The average molecular weight is 346 g/mol. The predicted octanol–water partition coefficient (Wildman–Crippen LogP) is -7.94. The van der Waals surface area contributed by atoms with E-state index in [-0.39, 0.29) is 106 Å². The van der Waals surface area contributed by atoms with Crippen LogP contribution in [-0.2, 0) is 25.4 Å². The molecule has 1 radical (unpaired) electrons. The molecular weight excluding hydrogens is 341 g/mol. The molecule has 3 N–H and O–H groups in total. The molecule has 0 aliphatic heterocycles. The summed E-state index contributed by atoms with van der Waals surface area (Å²) < 4.78 is 30.8. The van der Waals surface area contributed by atoms with Crippen LogP contribution in [0.1, 0.15) is 2.85 Å². The Morgan fingerprint density at radius 2 is 1.25 bits per heavy atom. The maximum atomic E-state index is 8.97. The van der Waals surface area contributed by atoms with Crippen LogP contribution in [0.2, 0.25) is 0 Å². The van der Waals surface area contributed by atoms with Gasteiger partial charge in [-0.05, 0) is 0 Å². The third-order valence-electron chi connectivity index (χ3n) is 0. The summed E-state index contributed by atoms with van der Waals surface area (Å²) in [5.41, 5.74) is 0. The van der Waals surface area contributed by atoms with Gasteiger partial charge in [0.25, 0.3) is 0 Å². The molecule has 0 saturated carbocycles. The van der Waals surface area contributed by atoms with E-state index in [1.54, 1.807) is 0 Å². The molecule has 0 aliphatic carbocycles. The van der Waals surface area contributed by atoms with Crippen molar-refractivity contribution in [2.75, 3.05) is 0 Å². The van der Waals surface area contributed by atoms with Crippen molar-refractivity contribution in [1.82, 2.24) is 0 Å². The van der Waals surface area contributed by atoms with Crippen LogP contribution in [0.25, 0.3) is 0 Å². The third kappa shape index (κ3) is 51.8. The number of hydrogen-bond donors (Lipinski definition) is 3. The Morgan fingerprint density at radius 3 is 1.25 bits per heavy atom. The van der Waals surface area contributed by atoms with E-state index in [0.717, 1.165) is 0 Å². The molecule has 0 aromatic carbocycles. The van der Waals surface area contributed by atoms with E-state index < -0.39 is 20.1 Å². The fraction of sp³-hybridized carbons (Fsp3) is 0. The minimum atomic E-state index is -5.35. The van der Waals surface area contributed by atoms with Gasteiger partial charge in [-0.1, -0.05) is 0 Å². The molecule has 0 bridgehead atoms. The second-order valence-electron chi connectivity index (χ2n) is 0.513. The van der Waals surface area contributed by atoms with E-state index in [1.807, 2.05) is 0 Å². The summed E-state index contributed by atoms with van der Waals surface area (Å²) in [6, 6.07) is 0. The summed E-state index contributed by atoms with van der Waals surface area (Å²) in [5.74, 6) is 0. The van der Waals surface area contributed by atoms with Gasteiger partial charge in [0, 0.05) is 22.4 Å². The van der Waals surface area contributed by atoms with Crippen molar-refractivity contribution in [3.8, 4) is 0 Å². The average Bonchev–Trinajstić information content (AvgIpc) is 0.722. The molecule has 0 unspecified atom stereocenters. The Hall–Kier alpha value is 3.87. The van der Waals surface area contributed by atoms with Crippen molar-refractivity contribution in [3.05, 3.63) is 0 Å². The Morgan fingerprint density at radius 1 is 1.25 bits per heavy atom. The summed E-state index contributed by atoms with van der Waals surface area (Å²) in [4.78, 5) is 0. The first kappa shape index (κ1) is 22.6. The molecule has 0 aromatic heterocycles. The van der Waals surface area contributed by atoms with Gasteiger partial charge in [0.15, 0.2) is 0 Å². The molecule has 4 nitrogen and oxygen atoms in total. The van der Waals surface area contributed by atoms with Gasteiger partial charge in [-0.3, -0.25) is 0 Å². The van der Waals surface area contributed by atoms with Crippen LogP contribution < -0.4 is 80.9 Å². The Balaban J connectivity index is -0.00000000800. The summed E-state index contributed by atoms with van der Waals surface area (Å²) >= 11 is -5.35. The molecular formula is H5KNaNbO4Sb. The van der Waals surface area contributed by atoms with Crippen molar-refractivity contribution in [3.63, 3.8) is 0 Å². The zero-order chi connectivity index (χ0) is 4.50. The normalized spacial score (nSPS) is 7.38. The van der Waals surface area contributed by atoms with Gasteiger partial charge < -0.3 is 2.85 Å². The van der Waals surface area contributed by atoms with Crippen LogP contribution in [0.5, 0.6) is 0 Å². The van der Waals surface area contributed by atoms with Crippen molar-refractivity contribution >= 4 is 20.1 Å². The quantitative estimate of drug-likeness (QED) is 0.381. The summed E-state index contributed by atoms with van der Waals surface area (Å²) in [6.45, 7) is 0. The molecule has 0 heterocycles.